The Hall–Kier alpha value is -4.08. The molecule has 0 saturated heterocycles. The Morgan fingerprint density at radius 3 is 1.97 bits per heavy atom. The standard InChI is InChI=1S/C25H23NO8/c27-19-9-13(24(31)32)10-20(28)22(19)23(30)21(29)11-26-25(33)34-12-18-16-7-3-1-5-14(16)15-6-2-4-8-17(15)18/h1-10,18,21,23,27-30H,11-12H2,(H,26,33)(H,31,32). The number of amides is 1. The van der Waals surface area contributed by atoms with Crippen molar-refractivity contribution in [2.24, 2.45) is 0 Å². The van der Waals surface area contributed by atoms with Crippen LogP contribution in [-0.4, -0.2) is 56.9 Å². The van der Waals surface area contributed by atoms with E-state index >= 15 is 0 Å². The fraction of sp³-hybridized carbons (Fsp3) is 0.200. The summed E-state index contributed by atoms with van der Waals surface area (Å²) < 4.78 is 5.36. The Bertz CT molecular complexity index is 1170. The number of hydrogen-bond acceptors (Lipinski definition) is 7. The van der Waals surface area contributed by atoms with Gasteiger partial charge in [0.1, 0.15) is 30.3 Å². The van der Waals surface area contributed by atoms with Gasteiger partial charge in [-0.3, -0.25) is 0 Å². The maximum absolute atomic E-state index is 12.3. The second kappa shape index (κ2) is 9.42. The van der Waals surface area contributed by atoms with Crippen LogP contribution in [-0.2, 0) is 4.74 Å². The fourth-order valence-electron chi connectivity index (χ4n) is 4.19. The summed E-state index contributed by atoms with van der Waals surface area (Å²) >= 11 is 0. The molecule has 3 aromatic rings. The molecule has 0 heterocycles. The second-order valence-corrected chi connectivity index (χ2v) is 7.95. The number of hydrogen-bond donors (Lipinski definition) is 6. The average molecular weight is 465 g/mol. The van der Waals surface area contributed by atoms with Crippen LogP contribution in [0.3, 0.4) is 0 Å². The van der Waals surface area contributed by atoms with Gasteiger partial charge in [-0.15, -0.1) is 0 Å². The van der Waals surface area contributed by atoms with Crippen molar-refractivity contribution >= 4 is 12.1 Å². The normalized spacial score (nSPS) is 14.1. The van der Waals surface area contributed by atoms with Crippen LogP contribution < -0.4 is 5.32 Å². The van der Waals surface area contributed by atoms with Gasteiger partial charge in [0.15, 0.2) is 0 Å². The van der Waals surface area contributed by atoms with Gasteiger partial charge < -0.3 is 35.6 Å². The van der Waals surface area contributed by atoms with E-state index in [9.17, 15) is 30.0 Å². The first kappa shape index (κ1) is 23.1. The minimum Gasteiger partial charge on any atom is -0.507 e. The molecule has 0 aromatic heterocycles. The molecule has 0 fully saturated rings. The molecule has 4 rings (SSSR count). The van der Waals surface area contributed by atoms with Crippen LogP contribution in [0.5, 0.6) is 11.5 Å². The third-order valence-corrected chi connectivity index (χ3v) is 5.84. The molecule has 0 radical (unpaired) electrons. The summed E-state index contributed by atoms with van der Waals surface area (Å²) in [5, 5.41) is 51.8. The van der Waals surface area contributed by atoms with Crippen LogP contribution in [0.25, 0.3) is 11.1 Å². The van der Waals surface area contributed by atoms with Gasteiger partial charge in [-0.25, -0.2) is 9.59 Å². The van der Waals surface area contributed by atoms with Crippen LogP contribution in [0.1, 0.15) is 39.1 Å². The zero-order valence-electron chi connectivity index (χ0n) is 17.9. The van der Waals surface area contributed by atoms with Gasteiger partial charge in [0.25, 0.3) is 0 Å². The molecular weight excluding hydrogens is 442 g/mol. The predicted molar refractivity (Wildman–Crippen MR) is 121 cm³/mol. The highest BCUT2D eigenvalue weighted by Gasteiger charge is 2.30. The maximum atomic E-state index is 12.3. The first-order valence-electron chi connectivity index (χ1n) is 10.5. The minimum absolute atomic E-state index is 0.0662. The lowest BCUT2D eigenvalue weighted by atomic mass is 9.98. The lowest BCUT2D eigenvalue weighted by Crippen LogP contribution is -2.36. The number of aromatic hydroxyl groups is 2. The van der Waals surface area contributed by atoms with Gasteiger partial charge in [-0.1, -0.05) is 48.5 Å². The summed E-state index contributed by atoms with van der Waals surface area (Å²) in [7, 11) is 0. The maximum Gasteiger partial charge on any atom is 0.407 e. The minimum atomic E-state index is -1.79. The quantitative estimate of drug-likeness (QED) is 0.311. The number of phenolic OH excluding ortho intramolecular Hbond substituents is 2. The van der Waals surface area contributed by atoms with E-state index in [2.05, 4.69) is 5.32 Å². The summed E-state index contributed by atoms with van der Waals surface area (Å²) in [6.45, 7) is -0.381. The second-order valence-electron chi connectivity index (χ2n) is 7.95. The number of carbonyl (C=O) groups excluding carboxylic acids is 1. The van der Waals surface area contributed by atoms with Gasteiger partial charge >= 0.3 is 12.1 Å². The SMILES string of the molecule is O=C(NCC(O)C(O)c1c(O)cc(C(=O)O)cc1O)OCC1c2ccccc2-c2ccccc21. The number of carboxylic acid groups (broad SMARTS) is 1. The molecule has 1 amide bonds. The molecule has 176 valence electrons. The molecule has 0 saturated carbocycles. The highest BCUT2D eigenvalue weighted by atomic mass is 16.5. The van der Waals surface area contributed by atoms with Crippen molar-refractivity contribution < 1.29 is 39.9 Å². The summed E-state index contributed by atoms with van der Waals surface area (Å²) in [5.41, 5.74) is 3.41. The molecule has 9 heteroatoms. The molecule has 0 spiro atoms. The number of fused-ring (bicyclic) bond motifs is 3. The average Bonchev–Trinajstić information content (AvgIpc) is 3.14. The van der Waals surface area contributed by atoms with Crippen molar-refractivity contribution in [3.63, 3.8) is 0 Å². The predicted octanol–water partition coefficient (Wildman–Crippen LogP) is 2.73. The van der Waals surface area contributed by atoms with E-state index in [4.69, 9.17) is 9.84 Å². The molecular formula is C25H23NO8. The Kier molecular flexibility index (Phi) is 6.40. The van der Waals surface area contributed by atoms with Crippen LogP contribution in [0, 0.1) is 0 Å². The van der Waals surface area contributed by atoms with Crippen molar-refractivity contribution in [2.45, 2.75) is 18.1 Å². The largest absolute Gasteiger partial charge is 0.507 e. The van der Waals surface area contributed by atoms with Crippen LogP contribution in [0.2, 0.25) is 0 Å². The van der Waals surface area contributed by atoms with Crippen molar-refractivity contribution in [3.8, 4) is 22.6 Å². The molecule has 2 unspecified atom stereocenters. The summed E-state index contributed by atoms with van der Waals surface area (Å²) in [4.78, 5) is 23.2. The van der Waals surface area contributed by atoms with Crippen LogP contribution in [0.15, 0.2) is 60.7 Å². The highest BCUT2D eigenvalue weighted by molar-refractivity contribution is 5.89. The number of ether oxygens (including phenoxy) is 1. The molecule has 1 aliphatic carbocycles. The number of aliphatic hydroxyl groups is 2. The van der Waals surface area contributed by atoms with Crippen molar-refractivity contribution in [1.29, 1.82) is 0 Å². The number of benzene rings is 3. The van der Waals surface area contributed by atoms with Gasteiger partial charge in [-0.2, -0.15) is 0 Å². The highest BCUT2D eigenvalue weighted by Crippen LogP contribution is 2.44. The summed E-state index contributed by atoms with van der Waals surface area (Å²) in [6, 6.07) is 17.4. The third kappa shape index (κ3) is 4.39. The van der Waals surface area contributed by atoms with Gasteiger partial charge in [0.05, 0.1) is 11.1 Å². The van der Waals surface area contributed by atoms with Crippen LogP contribution >= 0.6 is 0 Å². The molecule has 0 aliphatic heterocycles. The summed E-state index contributed by atoms with van der Waals surface area (Å²) in [6.07, 6.45) is -4.23. The lowest BCUT2D eigenvalue weighted by molar-refractivity contribution is 0.0159. The van der Waals surface area contributed by atoms with E-state index in [1.54, 1.807) is 0 Å². The number of rotatable bonds is 7. The van der Waals surface area contributed by atoms with E-state index in [0.717, 1.165) is 34.4 Å². The van der Waals surface area contributed by atoms with E-state index < -0.39 is 53.4 Å². The molecule has 34 heavy (non-hydrogen) atoms. The Balaban J connectivity index is 1.36. The number of nitrogens with one attached hydrogen (secondary N) is 1. The smallest absolute Gasteiger partial charge is 0.407 e. The lowest BCUT2D eigenvalue weighted by Gasteiger charge is -2.21. The summed E-state index contributed by atoms with van der Waals surface area (Å²) in [5.74, 6) is -2.94. The molecule has 1 aliphatic rings. The number of carboxylic acids is 1. The van der Waals surface area contributed by atoms with Crippen molar-refractivity contribution in [3.05, 3.63) is 82.9 Å². The van der Waals surface area contributed by atoms with Crippen molar-refractivity contribution in [2.75, 3.05) is 13.2 Å². The van der Waals surface area contributed by atoms with Gasteiger partial charge in [0, 0.05) is 12.5 Å². The first-order chi connectivity index (χ1) is 16.3. The number of phenols is 2. The van der Waals surface area contributed by atoms with E-state index in [-0.39, 0.29) is 12.5 Å². The molecule has 2 atom stereocenters. The van der Waals surface area contributed by atoms with Crippen molar-refractivity contribution in [1.82, 2.24) is 5.32 Å². The number of alkyl carbamates (subject to hydrolysis) is 1. The van der Waals surface area contributed by atoms with Gasteiger partial charge in [-0.05, 0) is 34.4 Å². The van der Waals surface area contributed by atoms with E-state index in [0.29, 0.717) is 0 Å². The molecule has 9 nitrogen and oxygen atoms in total. The van der Waals surface area contributed by atoms with E-state index in [1.807, 2.05) is 48.5 Å². The zero-order chi connectivity index (χ0) is 24.4. The number of aliphatic hydroxyl groups excluding tert-OH is 2. The number of aromatic carboxylic acids is 1. The van der Waals surface area contributed by atoms with E-state index in [1.165, 1.54) is 0 Å². The monoisotopic (exact) mass is 465 g/mol. The molecule has 0 bridgehead atoms. The zero-order valence-corrected chi connectivity index (χ0v) is 17.9. The third-order valence-electron chi connectivity index (χ3n) is 5.84. The fourth-order valence-corrected chi connectivity index (χ4v) is 4.19. The van der Waals surface area contributed by atoms with Crippen LogP contribution in [0.4, 0.5) is 4.79 Å². The Morgan fingerprint density at radius 1 is 0.912 bits per heavy atom. The Morgan fingerprint density at radius 2 is 1.44 bits per heavy atom. The number of carbonyl (C=O) groups is 2. The molecule has 6 N–H and O–H groups in total. The topological polar surface area (TPSA) is 157 Å². The first-order valence-corrected chi connectivity index (χ1v) is 10.5. The Labute approximate surface area is 194 Å². The molecule has 3 aromatic carbocycles. The van der Waals surface area contributed by atoms with Gasteiger partial charge in [0.2, 0.25) is 0 Å².